The van der Waals surface area contributed by atoms with E-state index in [4.69, 9.17) is 16.3 Å². The molecular weight excluding hydrogens is 328 g/mol. The summed E-state index contributed by atoms with van der Waals surface area (Å²) in [5, 5.41) is 13.8. The van der Waals surface area contributed by atoms with Crippen LogP contribution in [-0.4, -0.2) is 22.0 Å². The summed E-state index contributed by atoms with van der Waals surface area (Å²) in [6.07, 6.45) is 1.62. The molecule has 0 amide bonds. The van der Waals surface area contributed by atoms with Crippen LogP contribution >= 0.6 is 11.6 Å². The van der Waals surface area contributed by atoms with Gasteiger partial charge in [-0.25, -0.2) is 4.68 Å². The molecule has 0 aliphatic rings. The second-order valence-electron chi connectivity index (χ2n) is 5.17. The Kier molecular flexibility index (Phi) is 4.18. The zero-order valence-electron chi connectivity index (χ0n) is 12.9. The first-order valence-corrected chi connectivity index (χ1v) is 7.52. The molecule has 0 aliphatic heterocycles. The molecule has 5 nitrogen and oxygen atoms in total. The molecule has 0 unspecified atom stereocenters. The predicted octanol–water partition coefficient (Wildman–Crippen LogP) is 1.77. The minimum atomic E-state index is -0.241. The lowest BCUT2D eigenvalue weighted by Gasteiger charge is -2.05. The molecule has 3 aromatic rings. The fraction of sp³-hybridized carbons (Fsp3) is 0.0556. The van der Waals surface area contributed by atoms with Crippen molar-refractivity contribution in [2.75, 3.05) is 7.11 Å². The van der Waals surface area contributed by atoms with E-state index in [-0.39, 0.29) is 17.1 Å². The van der Waals surface area contributed by atoms with Crippen LogP contribution in [0, 0.1) is 0 Å². The molecule has 0 aliphatic carbocycles. The highest BCUT2D eigenvalue weighted by Gasteiger charge is 2.09. The average Bonchev–Trinajstić information content (AvgIpc) is 2.86. The number of benzene rings is 2. The van der Waals surface area contributed by atoms with E-state index in [9.17, 15) is 9.90 Å². The van der Waals surface area contributed by atoms with E-state index < -0.39 is 0 Å². The minimum absolute atomic E-state index is 0.0646. The molecule has 3 rings (SSSR count). The number of methoxy groups -OCH3 is 1. The van der Waals surface area contributed by atoms with Gasteiger partial charge >= 0.3 is 0 Å². The molecule has 0 saturated carbocycles. The summed E-state index contributed by atoms with van der Waals surface area (Å²) < 4.78 is 6.49. The van der Waals surface area contributed by atoms with Gasteiger partial charge in [0.2, 0.25) is 0 Å². The quantitative estimate of drug-likeness (QED) is 0.762. The molecule has 2 N–H and O–H groups in total. The largest absolute Gasteiger partial charge is 0.504 e. The van der Waals surface area contributed by atoms with Crippen molar-refractivity contribution < 1.29 is 9.84 Å². The van der Waals surface area contributed by atoms with Crippen LogP contribution in [0.15, 0.2) is 47.3 Å². The summed E-state index contributed by atoms with van der Waals surface area (Å²) in [7, 11) is 1.44. The fourth-order valence-corrected chi connectivity index (χ4v) is 2.60. The number of halogens is 1. The van der Waals surface area contributed by atoms with Crippen molar-refractivity contribution in [1.29, 1.82) is 0 Å². The number of aromatic hydroxyl groups is 1. The maximum atomic E-state index is 12.7. The number of hydrogen-bond acceptors (Lipinski definition) is 3. The first-order chi connectivity index (χ1) is 11.5. The van der Waals surface area contributed by atoms with Crippen LogP contribution in [0.25, 0.3) is 18.3 Å². The molecule has 0 spiro atoms. The second-order valence-corrected chi connectivity index (χ2v) is 5.58. The SMILES string of the molecule is C=c1[nH]n(-c2ccccc2)c(=O)c1=Cc1cc(OC)c(O)cc1Cl. The van der Waals surface area contributed by atoms with Gasteiger partial charge in [0.15, 0.2) is 11.5 Å². The number of para-hydroxylation sites is 1. The van der Waals surface area contributed by atoms with Crippen LogP contribution in [0.2, 0.25) is 5.02 Å². The third kappa shape index (κ3) is 2.81. The minimum Gasteiger partial charge on any atom is -0.504 e. The van der Waals surface area contributed by atoms with Crippen molar-refractivity contribution in [1.82, 2.24) is 9.78 Å². The zero-order valence-corrected chi connectivity index (χ0v) is 13.7. The van der Waals surface area contributed by atoms with E-state index in [1.807, 2.05) is 30.3 Å². The van der Waals surface area contributed by atoms with Crippen LogP contribution in [0.5, 0.6) is 11.5 Å². The van der Waals surface area contributed by atoms with Crippen LogP contribution in [-0.2, 0) is 0 Å². The predicted molar refractivity (Wildman–Crippen MR) is 94.4 cm³/mol. The van der Waals surface area contributed by atoms with Crippen molar-refractivity contribution in [2.24, 2.45) is 0 Å². The fourth-order valence-electron chi connectivity index (χ4n) is 2.39. The molecule has 0 atom stereocenters. The number of ether oxygens (including phenoxy) is 1. The number of nitrogens with one attached hydrogen (secondary N) is 1. The summed E-state index contributed by atoms with van der Waals surface area (Å²) in [6.45, 7) is 3.88. The maximum Gasteiger partial charge on any atom is 0.279 e. The molecule has 0 saturated heterocycles. The molecule has 2 aromatic carbocycles. The van der Waals surface area contributed by atoms with Crippen LogP contribution in [0.1, 0.15) is 5.56 Å². The van der Waals surface area contributed by atoms with Gasteiger partial charge in [0, 0.05) is 6.07 Å². The van der Waals surface area contributed by atoms with Gasteiger partial charge in [-0.2, -0.15) is 0 Å². The lowest BCUT2D eigenvalue weighted by atomic mass is 10.1. The Morgan fingerprint density at radius 3 is 2.67 bits per heavy atom. The van der Waals surface area contributed by atoms with Gasteiger partial charge in [0.1, 0.15) is 0 Å². The average molecular weight is 343 g/mol. The molecule has 1 aromatic heterocycles. The standard InChI is InChI=1S/C18H15ClN2O3/c1-11-14(8-12-9-17(24-2)16(22)10-15(12)19)18(23)21(20-11)13-6-4-3-5-7-13/h3-10,20,22H,1H2,2H3. The van der Waals surface area contributed by atoms with Crippen molar-refractivity contribution >= 4 is 24.3 Å². The summed E-state index contributed by atoms with van der Waals surface area (Å²) in [5.74, 6) is 0.209. The Labute approximate surface area is 142 Å². The summed E-state index contributed by atoms with van der Waals surface area (Å²) >= 11 is 6.15. The summed E-state index contributed by atoms with van der Waals surface area (Å²) in [5.41, 5.74) is 1.02. The molecule has 122 valence electrons. The molecule has 6 heteroatoms. The first-order valence-electron chi connectivity index (χ1n) is 7.15. The van der Waals surface area contributed by atoms with Gasteiger partial charge < -0.3 is 9.84 Å². The maximum absolute atomic E-state index is 12.7. The lowest BCUT2D eigenvalue weighted by Crippen LogP contribution is -2.34. The number of rotatable bonds is 3. The number of aromatic amines is 1. The Balaban J connectivity index is 2.22. The third-order valence-electron chi connectivity index (χ3n) is 3.62. The highest BCUT2D eigenvalue weighted by Crippen LogP contribution is 2.32. The number of phenolic OH excluding ortho intramolecular Hbond substituents is 1. The van der Waals surface area contributed by atoms with Gasteiger partial charge in [0.05, 0.1) is 28.4 Å². The lowest BCUT2D eigenvalue weighted by molar-refractivity contribution is 0.373. The van der Waals surface area contributed by atoms with Gasteiger partial charge in [0.25, 0.3) is 5.56 Å². The number of H-pyrrole nitrogens is 1. The molecular formula is C18H15ClN2O3. The van der Waals surface area contributed by atoms with Crippen molar-refractivity contribution in [2.45, 2.75) is 0 Å². The van der Waals surface area contributed by atoms with Crippen molar-refractivity contribution in [3.8, 4) is 17.2 Å². The molecule has 0 radical (unpaired) electrons. The smallest absolute Gasteiger partial charge is 0.279 e. The van der Waals surface area contributed by atoms with Gasteiger partial charge in [-0.05, 0) is 29.8 Å². The third-order valence-corrected chi connectivity index (χ3v) is 3.95. The van der Waals surface area contributed by atoms with E-state index in [0.29, 0.717) is 26.8 Å². The van der Waals surface area contributed by atoms with Crippen LogP contribution in [0.4, 0.5) is 0 Å². The van der Waals surface area contributed by atoms with E-state index in [1.54, 1.807) is 12.1 Å². The summed E-state index contributed by atoms with van der Waals surface area (Å²) in [6, 6.07) is 12.1. The topological polar surface area (TPSA) is 67.2 Å². The Hall–Kier alpha value is -2.92. The molecule has 1 heterocycles. The van der Waals surface area contributed by atoms with Crippen molar-refractivity contribution in [3.63, 3.8) is 0 Å². The van der Waals surface area contributed by atoms with Crippen LogP contribution < -0.4 is 20.9 Å². The Morgan fingerprint density at radius 2 is 2.00 bits per heavy atom. The molecule has 24 heavy (non-hydrogen) atoms. The van der Waals surface area contributed by atoms with Gasteiger partial charge in [-0.3, -0.25) is 9.89 Å². The first kappa shape index (κ1) is 16.0. The van der Waals surface area contributed by atoms with E-state index in [1.165, 1.54) is 17.9 Å². The molecule has 0 bridgehead atoms. The van der Waals surface area contributed by atoms with Crippen LogP contribution in [0.3, 0.4) is 0 Å². The molecule has 0 fully saturated rings. The Bertz CT molecular complexity index is 1050. The highest BCUT2D eigenvalue weighted by atomic mass is 35.5. The van der Waals surface area contributed by atoms with Crippen molar-refractivity contribution in [3.05, 3.63) is 74.0 Å². The number of phenols is 1. The van der Waals surface area contributed by atoms with E-state index in [2.05, 4.69) is 11.7 Å². The van der Waals surface area contributed by atoms with E-state index >= 15 is 0 Å². The highest BCUT2D eigenvalue weighted by molar-refractivity contribution is 6.32. The Morgan fingerprint density at radius 1 is 1.29 bits per heavy atom. The zero-order chi connectivity index (χ0) is 17.3. The number of nitrogens with zero attached hydrogens (tertiary/aromatic N) is 1. The normalized spacial score (nSPS) is 11.7. The number of aromatic nitrogens is 2. The van der Waals surface area contributed by atoms with Gasteiger partial charge in [-0.15, -0.1) is 0 Å². The summed E-state index contributed by atoms with van der Waals surface area (Å²) in [4.78, 5) is 12.7. The number of hydrogen-bond donors (Lipinski definition) is 2. The van der Waals surface area contributed by atoms with E-state index in [0.717, 1.165) is 0 Å². The monoisotopic (exact) mass is 342 g/mol. The second kappa shape index (κ2) is 6.29. The van der Waals surface area contributed by atoms with Gasteiger partial charge in [-0.1, -0.05) is 36.4 Å².